The van der Waals surface area contributed by atoms with Gasteiger partial charge in [-0.3, -0.25) is 9.59 Å². The Morgan fingerprint density at radius 2 is 0.683 bits per heavy atom. The summed E-state index contributed by atoms with van der Waals surface area (Å²) in [5.41, 5.74) is 9.80. The van der Waals surface area contributed by atoms with Gasteiger partial charge in [-0.1, -0.05) is 250 Å². The van der Waals surface area contributed by atoms with Crippen molar-refractivity contribution in [2.45, 2.75) is 382 Å². The van der Waals surface area contributed by atoms with Gasteiger partial charge in [-0.05, 0) is 197 Å². The molecule has 1 fully saturated rings. The molecule has 1 saturated heterocycles. The molecular weight excluding hydrogens is 1240 g/mol. The second kappa shape index (κ2) is 50.4. The molecule has 2 aromatic carbocycles. The number of methoxy groups -OCH3 is 4. The maximum Gasteiger partial charge on any atom is 1.00 e. The molecule has 2 aliphatic rings. The zero-order chi connectivity index (χ0) is 76.3. The summed E-state index contributed by atoms with van der Waals surface area (Å²) in [5.74, 6) is 11.1. The zero-order valence-electron chi connectivity index (χ0n) is 71.8. The maximum atomic E-state index is 12.6. The average Bonchev–Trinajstić information content (AvgIpc) is 1.08. The Hall–Kier alpha value is -3.19. The molecule has 1 aliphatic heterocycles. The molecule has 9 nitrogen and oxygen atoms in total. The maximum absolute atomic E-state index is 12.6. The molecule has 2 aromatic rings. The minimum atomic E-state index is -0.800. The fraction of sp³-hybridized carbons (Fsp3) is 0.791. The molecule has 0 unspecified atom stereocenters. The van der Waals surface area contributed by atoms with Crippen molar-refractivity contribution < 1.29 is 62.3 Å². The van der Waals surface area contributed by atoms with Crippen LogP contribution in [0.1, 0.15) is 362 Å². The van der Waals surface area contributed by atoms with E-state index in [1.54, 1.807) is 49.2 Å². The van der Waals surface area contributed by atoms with Gasteiger partial charge in [0.15, 0.2) is 11.6 Å². The Kier molecular flexibility index (Phi) is 48.8. The first-order chi connectivity index (χ1) is 46.7. The molecule has 0 aromatic heterocycles. The number of hydrogen-bond donors (Lipinski definition) is 2. The number of aliphatic hydroxyl groups is 2. The van der Waals surface area contributed by atoms with Crippen molar-refractivity contribution >= 4 is 11.6 Å². The average molecular weight is 1410 g/mol. The van der Waals surface area contributed by atoms with Gasteiger partial charge in [0.1, 0.15) is 11.5 Å². The Bertz CT molecular complexity index is 2660. The van der Waals surface area contributed by atoms with Crippen molar-refractivity contribution in [2.24, 2.45) is 53.3 Å². The van der Waals surface area contributed by atoms with Gasteiger partial charge in [0, 0.05) is 33.6 Å². The molecule has 2 N–H and O–H groups in total. The number of ether oxygens (including phenoxy) is 5. The van der Waals surface area contributed by atoms with Gasteiger partial charge in [0.05, 0.1) is 57.6 Å². The second-order valence-corrected chi connectivity index (χ2v) is 34.7. The molecule has 4 rings (SSSR count). The number of allylic oxidation sites excluding steroid dienone is 4. The van der Waals surface area contributed by atoms with Gasteiger partial charge < -0.3 is 33.9 Å². The van der Waals surface area contributed by atoms with E-state index < -0.39 is 11.2 Å². The number of hydrogen-bond acceptors (Lipinski definition) is 9. The molecule has 0 saturated carbocycles. The standard InChI is InChI=1S/C31H56O3.C29H50O3.C19H38O.C12H17O2.Li/c1-22(2)14-11-15-23(3)16-12-17-24(4)18-13-20-31(8,32)21-19-28-27(7)29(33-9)25(5)26(6)30(28)34-10;1-20(2)12-9-13-21(3)14-10-15-22(4)16-11-18-29(8,32)19-17-26-25(7)27(30)23(5)24(6)28(26)31;1-16(2)9-6-10-17(3)11-7-12-18(4)13-8-14-19(5)15-20-19;1-7-8(2)12(14-6)10(4)9(3)11(7)13-5;/h22-24,32H,11-21H2,1-10H3;20-22,32H,9-19H2,1-8H3;16-18H,6-15H2,1-5H3;1H2,2-6H3;/q;;;-1;+1/t23-,24-,31-;21-,22-,29-;17-,18-,19-;;/m111../s1. The summed E-state index contributed by atoms with van der Waals surface area (Å²) in [4.78, 5) is 24.9. The fourth-order valence-electron chi connectivity index (χ4n) is 15.0. The topological polar surface area (TPSA) is 124 Å². The number of rotatable bonds is 46. The number of carbonyl (C=O) groups is 2. The Labute approximate surface area is 637 Å². The molecule has 101 heavy (non-hydrogen) atoms. The van der Waals surface area contributed by atoms with E-state index in [0.717, 1.165) is 161 Å². The van der Waals surface area contributed by atoms with Crippen LogP contribution in [0.3, 0.4) is 0 Å². The third kappa shape index (κ3) is 38.3. The molecule has 10 heteroatoms. The normalized spacial score (nSPS) is 17.5. The quantitative estimate of drug-likeness (QED) is 0.0289. The summed E-state index contributed by atoms with van der Waals surface area (Å²) in [6.07, 6.45) is 37.2. The van der Waals surface area contributed by atoms with E-state index in [4.69, 9.17) is 23.7 Å². The van der Waals surface area contributed by atoms with E-state index >= 15 is 0 Å². The first kappa shape index (κ1) is 97.8. The van der Waals surface area contributed by atoms with E-state index in [9.17, 15) is 19.8 Å². The third-order valence-electron chi connectivity index (χ3n) is 23.1. The molecule has 0 radical (unpaired) electrons. The van der Waals surface area contributed by atoms with Crippen LogP contribution in [0, 0.1) is 102 Å². The summed E-state index contributed by atoms with van der Waals surface area (Å²) in [5, 5.41) is 21.9. The largest absolute Gasteiger partial charge is 1.00 e. The number of Topliss-reactive ketones (excluding diaryl/α,β-unsaturated/α-hetero) is 2. The number of ketones is 2. The summed E-state index contributed by atoms with van der Waals surface area (Å²) >= 11 is 0. The molecule has 1 aliphatic carbocycles. The molecule has 0 spiro atoms. The Balaban J connectivity index is 0.00000138. The minimum Gasteiger partial charge on any atom is -0.553 e. The van der Waals surface area contributed by atoms with Crippen LogP contribution in [0.2, 0.25) is 0 Å². The van der Waals surface area contributed by atoms with Crippen LogP contribution in [0.4, 0.5) is 0 Å². The van der Waals surface area contributed by atoms with Crippen molar-refractivity contribution in [3.63, 3.8) is 0 Å². The molecule has 580 valence electrons. The van der Waals surface area contributed by atoms with Crippen LogP contribution in [0.15, 0.2) is 22.3 Å². The van der Waals surface area contributed by atoms with Crippen LogP contribution in [0.5, 0.6) is 23.0 Å². The van der Waals surface area contributed by atoms with Gasteiger partial charge in [0.2, 0.25) is 0 Å². The summed E-state index contributed by atoms with van der Waals surface area (Å²) < 4.78 is 27.5. The van der Waals surface area contributed by atoms with Crippen molar-refractivity contribution in [2.75, 3.05) is 35.0 Å². The van der Waals surface area contributed by atoms with Crippen LogP contribution in [0.25, 0.3) is 0 Å². The van der Waals surface area contributed by atoms with E-state index in [0.29, 0.717) is 41.1 Å². The first-order valence-corrected chi connectivity index (χ1v) is 40.5. The molecule has 1 heterocycles. The van der Waals surface area contributed by atoms with Gasteiger partial charge >= 0.3 is 18.9 Å². The van der Waals surface area contributed by atoms with Gasteiger partial charge in [0.25, 0.3) is 0 Å². The Morgan fingerprint density at radius 3 is 1.02 bits per heavy atom. The summed E-state index contributed by atoms with van der Waals surface area (Å²) in [6, 6.07) is 0. The number of carbonyl (C=O) groups excluding carboxylic acids is 2. The van der Waals surface area contributed by atoms with Crippen molar-refractivity contribution in [1.29, 1.82) is 0 Å². The van der Waals surface area contributed by atoms with E-state index in [1.807, 2.05) is 34.6 Å². The van der Waals surface area contributed by atoms with Gasteiger partial charge in [-0.25, -0.2) is 0 Å². The SMILES string of the molecule is CC(C)CCC[C@@H](C)CCC[C@@H](C)CCC[C@]1(C)CO1.CC1=C(C)C(=O)C(CC[C@](C)(O)CCC[C@H](C)CCC[C@H](C)CCCC(C)C)=C(C)C1=O.COc1c(C)c(C)c(OC)c(CC[C@](C)(O)CCC[C@H](C)CCC[C@H](C)CCCC(C)C)c1C.[CH2-]c1c(C)c(OC)c(C)c(C)c1OC.[Li+]. The molecule has 9 atom stereocenters. The van der Waals surface area contributed by atoms with Gasteiger partial charge in [-0.15, -0.1) is 11.1 Å². The second-order valence-electron chi connectivity index (χ2n) is 34.7. The predicted molar refractivity (Wildman–Crippen MR) is 430 cm³/mol. The summed E-state index contributed by atoms with van der Waals surface area (Å²) in [6.45, 7) is 56.9. The fourth-order valence-corrected chi connectivity index (χ4v) is 15.0. The van der Waals surface area contributed by atoms with Crippen LogP contribution in [-0.2, 0) is 20.7 Å². The van der Waals surface area contributed by atoms with E-state index in [-0.39, 0.29) is 36.0 Å². The number of benzene rings is 2. The molecular formula is C91H161LiO9. The molecule has 0 amide bonds. The van der Waals surface area contributed by atoms with E-state index in [2.05, 4.69) is 118 Å². The molecule has 0 bridgehead atoms. The predicted octanol–water partition coefficient (Wildman–Crippen LogP) is 22.5. The van der Waals surface area contributed by atoms with Crippen molar-refractivity contribution in [3.8, 4) is 23.0 Å². The van der Waals surface area contributed by atoms with Crippen LogP contribution in [-0.4, -0.2) is 73.6 Å². The van der Waals surface area contributed by atoms with Crippen LogP contribution < -0.4 is 37.8 Å². The Morgan fingerprint density at radius 1 is 0.396 bits per heavy atom. The van der Waals surface area contributed by atoms with Gasteiger partial charge in [-0.2, -0.15) is 6.92 Å². The van der Waals surface area contributed by atoms with Crippen molar-refractivity contribution in [1.82, 2.24) is 0 Å². The van der Waals surface area contributed by atoms with Crippen molar-refractivity contribution in [3.05, 3.63) is 73.7 Å². The monoisotopic (exact) mass is 1410 g/mol. The number of epoxide rings is 1. The summed E-state index contributed by atoms with van der Waals surface area (Å²) in [7, 11) is 6.82. The first-order valence-electron chi connectivity index (χ1n) is 40.5. The van der Waals surface area contributed by atoms with Crippen LogP contribution >= 0.6 is 0 Å². The smallest absolute Gasteiger partial charge is 0.553 e. The third-order valence-corrected chi connectivity index (χ3v) is 23.1. The zero-order valence-corrected chi connectivity index (χ0v) is 71.8. The van der Waals surface area contributed by atoms with E-state index in [1.165, 1.54) is 147 Å². The minimum absolute atomic E-state index is 0.